The van der Waals surface area contributed by atoms with Crippen LogP contribution < -0.4 is 0 Å². The van der Waals surface area contributed by atoms with Gasteiger partial charge in [0.1, 0.15) is 11.6 Å². The van der Waals surface area contributed by atoms with Gasteiger partial charge in [0.15, 0.2) is 0 Å². The van der Waals surface area contributed by atoms with Gasteiger partial charge in [-0.3, -0.25) is 0 Å². The molecule has 0 aliphatic heterocycles. The minimum atomic E-state index is -0.586. The summed E-state index contributed by atoms with van der Waals surface area (Å²) in [5.74, 6) is -1.17. The first-order chi connectivity index (χ1) is 7.09. The van der Waals surface area contributed by atoms with E-state index >= 15 is 0 Å². The van der Waals surface area contributed by atoms with E-state index in [0.29, 0.717) is 11.3 Å². The number of halogens is 2. The number of rotatable bonds is 1. The van der Waals surface area contributed by atoms with E-state index in [2.05, 4.69) is 4.98 Å². The predicted octanol–water partition coefficient (Wildman–Crippen LogP) is 2.67. The molecule has 0 radical (unpaired) electrons. The van der Waals surface area contributed by atoms with Crippen LogP contribution in [0.5, 0.6) is 0 Å². The molecule has 1 heterocycles. The van der Waals surface area contributed by atoms with Crippen molar-refractivity contribution in [3.8, 4) is 11.3 Å². The SMILES string of the molecule is Cc1c(-c2ccc(F)cc2F)ncn1C. The third-order valence-electron chi connectivity index (χ3n) is 2.42. The Morgan fingerprint density at radius 3 is 2.53 bits per heavy atom. The summed E-state index contributed by atoms with van der Waals surface area (Å²) in [4.78, 5) is 4.08. The second-order valence-corrected chi connectivity index (χ2v) is 3.41. The first kappa shape index (κ1) is 9.83. The molecule has 15 heavy (non-hydrogen) atoms. The van der Waals surface area contributed by atoms with Gasteiger partial charge in [-0.05, 0) is 19.1 Å². The molecule has 4 heteroatoms. The number of hydrogen-bond donors (Lipinski definition) is 0. The standard InChI is InChI=1S/C11H10F2N2/c1-7-11(14-6-15(7)2)9-4-3-8(12)5-10(9)13/h3-6H,1-2H3. The summed E-state index contributed by atoms with van der Waals surface area (Å²) in [6, 6.07) is 3.50. The zero-order valence-electron chi connectivity index (χ0n) is 8.46. The van der Waals surface area contributed by atoms with Crippen molar-refractivity contribution >= 4 is 0 Å². The highest BCUT2D eigenvalue weighted by Gasteiger charge is 2.11. The third-order valence-corrected chi connectivity index (χ3v) is 2.42. The quantitative estimate of drug-likeness (QED) is 0.704. The lowest BCUT2D eigenvalue weighted by molar-refractivity contribution is 0.585. The Morgan fingerprint density at radius 2 is 2.00 bits per heavy atom. The van der Waals surface area contributed by atoms with Gasteiger partial charge in [-0.15, -0.1) is 0 Å². The van der Waals surface area contributed by atoms with Gasteiger partial charge in [0, 0.05) is 24.4 Å². The second-order valence-electron chi connectivity index (χ2n) is 3.41. The van der Waals surface area contributed by atoms with Crippen molar-refractivity contribution in [3.63, 3.8) is 0 Å². The fraction of sp³-hybridized carbons (Fsp3) is 0.182. The topological polar surface area (TPSA) is 17.8 Å². The van der Waals surface area contributed by atoms with Gasteiger partial charge >= 0.3 is 0 Å². The van der Waals surface area contributed by atoms with Crippen molar-refractivity contribution in [1.82, 2.24) is 9.55 Å². The fourth-order valence-corrected chi connectivity index (χ4v) is 1.44. The zero-order chi connectivity index (χ0) is 11.0. The van der Waals surface area contributed by atoms with Gasteiger partial charge in [-0.2, -0.15) is 0 Å². The number of aromatic nitrogens is 2. The van der Waals surface area contributed by atoms with E-state index < -0.39 is 11.6 Å². The summed E-state index contributed by atoms with van der Waals surface area (Å²) in [7, 11) is 1.83. The molecular formula is C11H10F2N2. The first-order valence-electron chi connectivity index (χ1n) is 4.53. The molecular weight excluding hydrogens is 198 g/mol. The van der Waals surface area contributed by atoms with Crippen molar-refractivity contribution in [1.29, 1.82) is 0 Å². The summed E-state index contributed by atoms with van der Waals surface area (Å²) in [6.07, 6.45) is 1.60. The Hall–Kier alpha value is -1.71. The monoisotopic (exact) mass is 208 g/mol. The number of benzene rings is 1. The molecule has 0 aliphatic carbocycles. The average Bonchev–Trinajstić information content (AvgIpc) is 2.49. The smallest absolute Gasteiger partial charge is 0.135 e. The van der Waals surface area contributed by atoms with E-state index in [4.69, 9.17) is 0 Å². The molecule has 0 spiro atoms. The lowest BCUT2D eigenvalue weighted by Gasteiger charge is -2.02. The van der Waals surface area contributed by atoms with Gasteiger partial charge in [-0.1, -0.05) is 0 Å². The highest BCUT2D eigenvalue weighted by atomic mass is 19.1. The molecule has 0 N–H and O–H groups in total. The van der Waals surface area contributed by atoms with E-state index in [-0.39, 0.29) is 0 Å². The Bertz CT molecular complexity index is 503. The summed E-state index contributed by atoms with van der Waals surface area (Å²) in [6.45, 7) is 1.84. The van der Waals surface area contributed by atoms with Crippen LogP contribution in [0.15, 0.2) is 24.5 Å². The highest BCUT2D eigenvalue weighted by Crippen LogP contribution is 2.24. The van der Waals surface area contributed by atoms with Crippen LogP contribution >= 0.6 is 0 Å². The van der Waals surface area contributed by atoms with Crippen molar-refractivity contribution in [2.75, 3.05) is 0 Å². The van der Waals surface area contributed by atoms with Crippen LogP contribution in [0.1, 0.15) is 5.69 Å². The molecule has 78 valence electrons. The molecule has 1 aromatic heterocycles. The second kappa shape index (κ2) is 3.46. The van der Waals surface area contributed by atoms with Crippen LogP contribution in [0.25, 0.3) is 11.3 Å². The fourth-order valence-electron chi connectivity index (χ4n) is 1.44. The largest absolute Gasteiger partial charge is 0.337 e. The normalized spacial score (nSPS) is 10.7. The summed E-state index contributed by atoms with van der Waals surface area (Å²) >= 11 is 0. The predicted molar refractivity (Wildman–Crippen MR) is 53.3 cm³/mol. The summed E-state index contributed by atoms with van der Waals surface area (Å²) in [5.41, 5.74) is 1.73. The molecule has 0 amide bonds. The van der Waals surface area contributed by atoms with Crippen molar-refractivity contribution in [2.45, 2.75) is 6.92 Å². The van der Waals surface area contributed by atoms with E-state index in [1.54, 1.807) is 10.9 Å². The molecule has 0 bridgehead atoms. The molecule has 2 aromatic rings. The number of imidazole rings is 1. The summed E-state index contributed by atoms with van der Waals surface area (Å²) in [5, 5.41) is 0. The molecule has 0 atom stereocenters. The Balaban J connectivity index is 2.59. The molecule has 1 aromatic carbocycles. The maximum atomic E-state index is 13.4. The molecule has 2 rings (SSSR count). The van der Waals surface area contributed by atoms with E-state index in [0.717, 1.165) is 11.8 Å². The van der Waals surface area contributed by atoms with Crippen LogP contribution in [-0.2, 0) is 7.05 Å². The maximum Gasteiger partial charge on any atom is 0.135 e. The zero-order valence-corrected chi connectivity index (χ0v) is 8.46. The Kier molecular flexibility index (Phi) is 2.26. The minimum Gasteiger partial charge on any atom is -0.337 e. The van der Waals surface area contributed by atoms with Gasteiger partial charge < -0.3 is 4.57 Å². The van der Waals surface area contributed by atoms with Crippen LogP contribution in [0.4, 0.5) is 8.78 Å². The number of aryl methyl sites for hydroxylation is 1. The van der Waals surface area contributed by atoms with Gasteiger partial charge in [0.05, 0.1) is 12.0 Å². The first-order valence-corrected chi connectivity index (χ1v) is 4.53. The van der Waals surface area contributed by atoms with Gasteiger partial charge in [0.2, 0.25) is 0 Å². The molecule has 2 nitrogen and oxygen atoms in total. The highest BCUT2D eigenvalue weighted by molar-refractivity contribution is 5.62. The van der Waals surface area contributed by atoms with Crippen molar-refractivity contribution < 1.29 is 8.78 Å². The molecule has 0 saturated carbocycles. The van der Waals surface area contributed by atoms with Crippen molar-refractivity contribution in [2.24, 2.45) is 7.05 Å². The third kappa shape index (κ3) is 1.63. The van der Waals surface area contributed by atoms with Crippen LogP contribution in [0, 0.1) is 18.6 Å². The van der Waals surface area contributed by atoms with E-state index in [9.17, 15) is 8.78 Å². The number of nitrogens with zero attached hydrogens (tertiary/aromatic N) is 2. The maximum absolute atomic E-state index is 13.4. The number of hydrogen-bond acceptors (Lipinski definition) is 1. The molecule has 0 aliphatic rings. The Labute approximate surface area is 86.2 Å². The lowest BCUT2D eigenvalue weighted by Crippen LogP contribution is -1.91. The lowest BCUT2D eigenvalue weighted by atomic mass is 10.1. The van der Waals surface area contributed by atoms with Crippen molar-refractivity contribution in [3.05, 3.63) is 41.9 Å². The van der Waals surface area contributed by atoms with Crippen LogP contribution in [0.3, 0.4) is 0 Å². The van der Waals surface area contributed by atoms with Crippen LogP contribution in [-0.4, -0.2) is 9.55 Å². The molecule has 0 unspecified atom stereocenters. The van der Waals surface area contributed by atoms with E-state index in [1.165, 1.54) is 12.1 Å². The average molecular weight is 208 g/mol. The van der Waals surface area contributed by atoms with Gasteiger partial charge in [-0.25, -0.2) is 13.8 Å². The van der Waals surface area contributed by atoms with Gasteiger partial charge in [0.25, 0.3) is 0 Å². The molecule has 0 saturated heterocycles. The minimum absolute atomic E-state index is 0.328. The van der Waals surface area contributed by atoms with E-state index in [1.807, 2.05) is 14.0 Å². The molecule has 0 fully saturated rings. The van der Waals surface area contributed by atoms with Crippen LogP contribution in [0.2, 0.25) is 0 Å². The summed E-state index contributed by atoms with van der Waals surface area (Å²) < 4.78 is 27.9. The Morgan fingerprint density at radius 1 is 1.27 bits per heavy atom.